The number of hydrogen-bond donors (Lipinski definition) is 2. The molecule has 1 aliphatic rings. The predicted molar refractivity (Wildman–Crippen MR) is 48.6 cm³/mol. The van der Waals surface area contributed by atoms with E-state index in [0.717, 1.165) is 12.8 Å². The van der Waals surface area contributed by atoms with Gasteiger partial charge in [0.2, 0.25) is 5.91 Å². The molecule has 1 rings (SSSR count). The lowest BCUT2D eigenvalue weighted by Crippen LogP contribution is -2.34. The van der Waals surface area contributed by atoms with E-state index in [0.29, 0.717) is 12.5 Å². The zero-order valence-electron chi connectivity index (χ0n) is 7.68. The standard InChI is InChI=1S/C9H18N2O/c1-7(4-5-10)11-9(12)6-8-2-3-8/h7-8H,2-6,10H2,1H3,(H,11,12). The molecule has 1 amide bonds. The van der Waals surface area contributed by atoms with Gasteiger partial charge in [-0.3, -0.25) is 4.79 Å². The van der Waals surface area contributed by atoms with Crippen LogP contribution < -0.4 is 11.1 Å². The average molecular weight is 170 g/mol. The molecule has 0 heterocycles. The molecular weight excluding hydrogens is 152 g/mol. The third kappa shape index (κ3) is 3.72. The molecule has 3 N–H and O–H groups in total. The Balaban J connectivity index is 2.06. The first-order valence-electron chi connectivity index (χ1n) is 4.71. The van der Waals surface area contributed by atoms with Crippen molar-refractivity contribution in [3.8, 4) is 0 Å². The van der Waals surface area contributed by atoms with Crippen molar-refractivity contribution in [3.05, 3.63) is 0 Å². The lowest BCUT2D eigenvalue weighted by Gasteiger charge is -2.11. The summed E-state index contributed by atoms with van der Waals surface area (Å²) in [5, 5.41) is 2.93. The first-order valence-corrected chi connectivity index (χ1v) is 4.71. The number of nitrogens with two attached hydrogens (primary N) is 1. The molecule has 70 valence electrons. The summed E-state index contributed by atoms with van der Waals surface area (Å²) in [4.78, 5) is 11.2. The predicted octanol–water partition coefficient (Wildman–Crippen LogP) is 0.640. The second kappa shape index (κ2) is 4.45. The molecule has 0 aliphatic heterocycles. The largest absolute Gasteiger partial charge is 0.354 e. The van der Waals surface area contributed by atoms with E-state index < -0.39 is 0 Å². The molecule has 0 saturated heterocycles. The smallest absolute Gasteiger partial charge is 0.220 e. The summed E-state index contributed by atoms with van der Waals surface area (Å²) >= 11 is 0. The van der Waals surface area contributed by atoms with E-state index in [9.17, 15) is 4.79 Å². The average Bonchev–Trinajstić information content (AvgIpc) is 2.71. The van der Waals surface area contributed by atoms with Crippen LogP contribution in [0.2, 0.25) is 0 Å². The second-order valence-corrected chi connectivity index (χ2v) is 3.69. The van der Waals surface area contributed by atoms with Gasteiger partial charge in [0.05, 0.1) is 0 Å². The Morgan fingerprint density at radius 3 is 2.83 bits per heavy atom. The summed E-state index contributed by atoms with van der Waals surface area (Å²) in [5.74, 6) is 0.869. The zero-order chi connectivity index (χ0) is 8.97. The maximum atomic E-state index is 11.2. The van der Waals surface area contributed by atoms with E-state index in [4.69, 9.17) is 5.73 Å². The molecule has 0 spiro atoms. The Kier molecular flexibility index (Phi) is 3.53. The lowest BCUT2D eigenvalue weighted by atomic mass is 10.2. The first kappa shape index (κ1) is 9.52. The van der Waals surface area contributed by atoms with Crippen LogP contribution in [0.5, 0.6) is 0 Å². The van der Waals surface area contributed by atoms with Gasteiger partial charge in [0.1, 0.15) is 0 Å². The quantitative estimate of drug-likeness (QED) is 0.636. The monoisotopic (exact) mass is 170 g/mol. The maximum absolute atomic E-state index is 11.2. The first-order chi connectivity index (χ1) is 5.72. The van der Waals surface area contributed by atoms with E-state index in [1.54, 1.807) is 0 Å². The van der Waals surface area contributed by atoms with Crippen molar-refractivity contribution in [1.29, 1.82) is 0 Å². The van der Waals surface area contributed by atoms with E-state index in [-0.39, 0.29) is 11.9 Å². The molecule has 1 aliphatic carbocycles. The Morgan fingerprint density at radius 2 is 2.33 bits per heavy atom. The van der Waals surface area contributed by atoms with Crippen LogP contribution in [0.25, 0.3) is 0 Å². The van der Waals surface area contributed by atoms with Gasteiger partial charge in [-0.05, 0) is 38.6 Å². The molecule has 3 heteroatoms. The van der Waals surface area contributed by atoms with E-state index >= 15 is 0 Å². The third-order valence-corrected chi connectivity index (χ3v) is 2.18. The molecule has 0 aromatic carbocycles. The Morgan fingerprint density at radius 1 is 1.67 bits per heavy atom. The number of hydrogen-bond acceptors (Lipinski definition) is 2. The molecule has 0 aromatic rings. The van der Waals surface area contributed by atoms with Gasteiger partial charge in [0.25, 0.3) is 0 Å². The summed E-state index contributed by atoms with van der Waals surface area (Å²) in [7, 11) is 0. The molecule has 1 atom stereocenters. The van der Waals surface area contributed by atoms with Crippen LogP contribution in [0.1, 0.15) is 32.6 Å². The SMILES string of the molecule is CC(CCN)NC(=O)CC1CC1. The summed E-state index contributed by atoms with van der Waals surface area (Å²) in [5.41, 5.74) is 5.37. The summed E-state index contributed by atoms with van der Waals surface area (Å²) < 4.78 is 0. The van der Waals surface area contributed by atoms with Crippen molar-refractivity contribution in [1.82, 2.24) is 5.32 Å². The molecule has 0 bridgehead atoms. The normalized spacial score (nSPS) is 18.8. The van der Waals surface area contributed by atoms with Gasteiger partial charge in [-0.15, -0.1) is 0 Å². The Hall–Kier alpha value is -0.570. The topological polar surface area (TPSA) is 55.1 Å². The van der Waals surface area contributed by atoms with Gasteiger partial charge < -0.3 is 11.1 Å². The molecule has 3 nitrogen and oxygen atoms in total. The van der Waals surface area contributed by atoms with Gasteiger partial charge >= 0.3 is 0 Å². The number of carbonyl (C=O) groups excluding carboxylic acids is 1. The number of amides is 1. The molecule has 1 unspecified atom stereocenters. The van der Waals surface area contributed by atoms with Crippen LogP contribution in [0.4, 0.5) is 0 Å². The van der Waals surface area contributed by atoms with E-state index in [2.05, 4.69) is 5.32 Å². The fraction of sp³-hybridized carbons (Fsp3) is 0.889. The van der Waals surface area contributed by atoms with Gasteiger partial charge in [0.15, 0.2) is 0 Å². The van der Waals surface area contributed by atoms with Crippen LogP contribution in [0, 0.1) is 5.92 Å². The highest BCUT2D eigenvalue weighted by atomic mass is 16.1. The Labute approximate surface area is 73.7 Å². The van der Waals surface area contributed by atoms with Crippen LogP contribution in [0.15, 0.2) is 0 Å². The van der Waals surface area contributed by atoms with Gasteiger partial charge in [0, 0.05) is 12.5 Å². The van der Waals surface area contributed by atoms with Crippen molar-refractivity contribution < 1.29 is 4.79 Å². The van der Waals surface area contributed by atoms with Crippen molar-refractivity contribution in [3.63, 3.8) is 0 Å². The second-order valence-electron chi connectivity index (χ2n) is 3.69. The van der Waals surface area contributed by atoms with Crippen molar-refractivity contribution in [2.75, 3.05) is 6.54 Å². The minimum atomic E-state index is 0.193. The van der Waals surface area contributed by atoms with E-state index in [1.807, 2.05) is 6.92 Å². The number of carbonyl (C=O) groups is 1. The lowest BCUT2D eigenvalue weighted by molar-refractivity contribution is -0.122. The van der Waals surface area contributed by atoms with Gasteiger partial charge in [-0.1, -0.05) is 0 Å². The highest BCUT2D eigenvalue weighted by molar-refractivity contribution is 5.76. The highest BCUT2D eigenvalue weighted by Gasteiger charge is 2.24. The minimum Gasteiger partial charge on any atom is -0.354 e. The molecule has 0 radical (unpaired) electrons. The summed E-state index contributed by atoms with van der Waals surface area (Å²) in [6.07, 6.45) is 4.06. The van der Waals surface area contributed by atoms with Crippen LogP contribution >= 0.6 is 0 Å². The van der Waals surface area contributed by atoms with Gasteiger partial charge in [-0.2, -0.15) is 0 Å². The van der Waals surface area contributed by atoms with Crippen LogP contribution in [0.3, 0.4) is 0 Å². The number of nitrogens with one attached hydrogen (secondary N) is 1. The van der Waals surface area contributed by atoms with Gasteiger partial charge in [-0.25, -0.2) is 0 Å². The zero-order valence-corrected chi connectivity index (χ0v) is 7.68. The summed E-state index contributed by atoms with van der Waals surface area (Å²) in [6, 6.07) is 0.237. The summed E-state index contributed by atoms with van der Waals surface area (Å²) in [6.45, 7) is 2.64. The van der Waals surface area contributed by atoms with Crippen molar-refractivity contribution >= 4 is 5.91 Å². The van der Waals surface area contributed by atoms with Crippen LogP contribution in [-0.2, 0) is 4.79 Å². The molecule has 12 heavy (non-hydrogen) atoms. The van der Waals surface area contributed by atoms with Crippen LogP contribution in [-0.4, -0.2) is 18.5 Å². The fourth-order valence-electron chi connectivity index (χ4n) is 1.24. The highest BCUT2D eigenvalue weighted by Crippen LogP contribution is 2.32. The van der Waals surface area contributed by atoms with Crippen molar-refractivity contribution in [2.24, 2.45) is 11.7 Å². The maximum Gasteiger partial charge on any atom is 0.220 e. The molecule has 0 aromatic heterocycles. The number of rotatable bonds is 5. The minimum absolute atomic E-state index is 0.193. The fourth-order valence-corrected chi connectivity index (χ4v) is 1.24. The third-order valence-electron chi connectivity index (χ3n) is 2.18. The molecular formula is C9H18N2O. The molecule has 1 fully saturated rings. The molecule has 1 saturated carbocycles. The van der Waals surface area contributed by atoms with Crippen molar-refractivity contribution in [2.45, 2.75) is 38.6 Å². The Bertz CT molecular complexity index is 155. The van der Waals surface area contributed by atoms with E-state index in [1.165, 1.54) is 12.8 Å².